The average molecular weight is 442 g/mol. The van der Waals surface area contributed by atoms with Gasteiger partial charge in [0.05, 0.1) is 0 Å². The van der Waals surface area contributed by atoms with E-state index in [1.54, 1.807) is 4.90 Å². The molecule has 0 bridgehead atoms. The summed E-state index contributed by atoms with van der Waals surface area (Å²) in [7, 11) is 0. The third-order valence-electron chi connectivity index (χ3n) is 8.04. The van der Waals surface area contributed by atoms with Crippen molar-refractivity contribution in [3.05, 3.63) is 0 Å². The minimum absolute atomic E-state index is 0.00168. The van der Waals surface area contributed by atoms with E-state index >= 15 is 0 Å². The monoisotopic (exact) mass is 441 g/mol. The van der Waals surface area contributed by atoms with Gasteiger partial charge in [-0.2, -0.15) is 0 Å². The molecular formula is C23H37ClFN3O2. The van der Waals surface area contributed by atoms with Gasteiger partial charge in [-0.25, -0.2) is 4.39 Å². The summed E-state index contributed by atoms with van der Waals surface area (Å²) in [5.41, 5.74) is -0.738. The fourth-order valence-corrected chi connectivity index (χ4v) is 6.44. The summed E-state index contributed by atoms with van der Waals surface area (Å²) in [6.07, 6.45) is 6.27. The summed E-state index contributed by atoms with van der Waals surface area (Å²) in [5.74, 6) is 0.608. The number of rotatable bonds is 4. The molecule has 7 heteroatoms. The zero-order valence-electron chi connectivity index (χ0n) is 18.7. The van der Waals surface area contributed by atoms with E-state index in [-0.39, 0.29) is 23.2 Å². The third-order valence-corrected chi connectivity index (χ3v) is 8.47. The first-order valence-electron chi connectivity index (χ1n) is 11.9. The Balaban J connectivity index is 1.53. The smallest absolute Gasteiger partial charge is 0.252 e. The highest BCUT2D eigenvalue weighted by atomic mass is 35.5. The van der Waals surface area contributed by atoms with E-state index in [4.69, 9.17) is 11.6 Å². The number of amides is 2. The van der Waals surface area contributed by atoms with Gasteiger partial charge in [-0.3, -0.25) is 14.5 Å². The van der Waals surface area contributed by atoms with Crippen molar-refractivity contribution in [3.63, 3.8) is 0 Å². The maximum absolute atomic E-state index is 13.7. The van der Waals surface area contributed by atoms with E-state index in [0.717, 1.165) is 38.5 Å². The molecule has 2 saturated heterocycles. The molecule has 0 aromatic carbocycles. The second-order valence-corrected chi connectivity index (χ2v) is 11.0. The van der Waals surface area contributed by atoms with Crippen LogP contribution in [0.1, 0.15) is 72.1 Å². The molecule has 2 aliphatic carbocycles. The molecule has 1 unspecified atom stereocenters. The van der Waals surface area contributed by atoms with Crippen LogP contribution in [0, 0.1) is 5.92 Å². The van der Waals surface area contributed by atoms with E-state index in [0.29, 0.717) is 44.4 Å². The molecular weight excluding hydrogens is 405 g/mol. The summed E-state index contributed by atoms with van der Waals surface area (Å²) in [6.45, 7) is 7.71. The van der Waals surface area contributed by atoms with Crippen LogP contribution in [-0.4, -0.2) is 81.4 Å². The van der Waals surface area contributed by atoms with Crippen molar-refractivity contribution in [2.24, 2.45) is 5.92 Å². The molecule has 4 rings (SSSR count). The zero-order valence-corrected chi connectivity index (χ0v) is 19.4. The minimum Gasteiger partial charge on any atom is -0.326 e. The normalized spacial score (nSPS) is 37.7. The van der Waals surface area contributed by atoms with Gasteiger partial charge in [0.1, 0.15) is 17.8 Å². The highest BCUT2D eigenvalue weighted by molar-refractivity contribution is 6.20. The maximum Gasteiger partial charge on any atom is 0.252 e. The Morgan fingerprint density at radius 2 is 1.63 bits per heavy atom. The molecule has 1 atom stereocenters. The van der Waals surface area contributed by atoms with Gasteiger partial charge >= 0.3 is 0 Å². The summed E-state index contributed by atoms with van der Waals surface area (Å²) in [5, 5.41) is 0.245. The van der Waals surface area contributed by atoms with Crippen LogP contribution in [-0.2, 0) is 9.59 Å². The topological polar surface area (TPSA) is 43.9 Å². The molecule has 4 fully saturated rings. The van der Waals surface area contributed by atoms with Crippen molar-refractivity contribution in [1.82, 2.24) is 14.7 Å². The van der Waals surface area contributed by atoms with Crippen LogP contribution >= 0.6 is 11.6 Å². The predicted molar refractivity (Wildman–Crippen MR) is 116 cm³/mol. The van der Waals surface area contributed by atoms with Crippen LogP contribution in [0.2, 0.25) is 0 Å². The van der Waals surface area contributed by atoms with Crippen molar-refractivity contribution in [2.45, 2.75) is 107 Å². The molecule has 0 radical (unpaired) electrons. The maximum atomic E-state index is 13.7. The third kappa shape index (κ3) is 3.87. The van der Waals surface area contributed by atoms with E-state index < -0.39 is 17.8 Å². The van der Waals surface area contributed by atoms with Gasteiger partial charge in [0.2, 0.25) is 5.91 Å². The Kier molecular flexibility index (Phi) is 6.38. The first-order valence-corrected chi connectivity index (χ1v) is 12.3. The highest BCUT2D eigenvalue weighted by Gasteiger charge is 2.62. The van der Waals surface area contributed by atoms with Crippen LogP contribution in [0.3, 0.4) is 0 Å². The van der Waals surface area contributed by atoms with Crippen molar-refractivity contribution in [3.8, 4) is 0 Å². The van der Waals surface area contributed by atoms with Crippen LogP contribution in [0.15, 0.2) is 0 Å². The fourth-order valence-electron chi connectivity index (χ4n) is 6.19. The molecule has 30 heavy (non-hydrogen) atoms. The standard InChI is InChI=1S/C23H37ClFN3O2/c1-15(2)28-16(3)21(29)27(12-17-4-6-18(24)7-5-17)23(22(28)30)13-26(14-23)20-10-8-19(25)9-11-20/h15-20H,4-14H2,1-3H3. The van der Waals surface area contributed by atoms with Crippen molar-refractivity contribution in [1.29, 1.82) is 0 Å². The van der Waals surface area contributed by atoms with Crippen LogP contribution in [0.25, 0.3) is 0 Å². The molecule has 1 spiro atoms. The number of hydrogen-bond acceptors (Lipinski definition) is 3. The van der Waals surface area contributed by atoms with E-state index in [1.807, 2.05) is 25.7 Å². The van der Waals surface area contributed by atoms with Gasteiger partial charge in [0.15, 0.2) is 0 Å². The molecule has 2 heterocycles. The van der Waals surface area contributed by atoms with Crippen molar-refractivity contribution < 1.29 is 14.0 Å². The van der Waals surface area contributed by atoms with Crippen LogP contribution in [0.4, 0.5) is 4.39 Å². The average Bonchev–Trinajstić information content (AvgIpc) is 2.67. The zero-order chi connectivity index (χ0) is 21.6. The Labute approximate surface area is 185 Å². The number of carbonyl (C=O) groups is 2. The number of carbonyl (C=O) groups excluding carboxylic acids is 2. The minimum atomic E-state index is -0.738. The number of likely N-dealkylation sites (tertiary alicyclic amines) is 1. The molecule has 5 nitrogen and oxygen atoms in total. The highest BCUT2D eigenvalue weighted by Crippen LogP contribution is 2.41. The first kappa shape index (κ1) is 22.3. The van der Waals surface area contributed by atoms with E-state index in [1.165, 1.54) is 0 Å². The number of nitrogens with zero attached hydrogens (tertiary/aromatic N) is 3. The molecule has 0 aromatic rings. The van der Waals surface area contributed by atoms with Gasteiger partial charge in [-0.1, -0.05) is 0 Å². The molecule has 4 aliphatic rings. The van der Waals surface area contributed by atoms with Gasteiger partial charge < -0.3 is 9.80 Å². The summed E-state index contributed by atoms with van der Waals surface area (Å²) < 4.78 is 13.6. The lowest BCUT2D eigenvalue weighted by Crippen LogP contribution is -2.83. The molecule has 2 saturated carbocycles. The van der Waals surface area contributed by atoms with Gasteiger partial charge in [0.25, 0.3) is 5.91 Å². The number of hydrogen-bond donors (Lipinski definition) is 0. The Hall–Kier alpha value is -0.880. The van der Waals surface area contributed by atoms with Crippen LogP contribution in [0.5, 0.6) is 0 Å². The summed E-state index contributed by atoms with van der Waals surface area (Å²) in [4.78, 5) is 33.3. The summed E-state index contributed by atoms with van der Waals surface area (Å²) >= 11 is 6.29. The number of piperazine rings is 1. The van der Waals surface area contributed by atoms with E-state index in [9.17, 15) is 14.0 Å². The second-order valence-electron chi connectivity index (χ2n) is 10.4. The summed E-state index contributed by atoms with van der Waals surface area (Å²) in [6, 6.07) is -0.0763. The molecule has 2 amide bonds. The molecule has 0 aromatic heterocycles. The SMILES string of the molecule is CC(C)N1C(=O)C2(CN(C3CCC(F)CC3)C2)N(CC2CCC(Cl)CC2)C(=O)C1C. The molecule has 0 N–H and O–H groups in total. The first-order chi connectivity index (χ1) is 14.2. The fraction of sp³-hybridized carbons (Fsp3) is 0.913. The number of alkyl halides is 2. The van der Waals surface area contributed by atoms with Gasteiger partial charge in [-0.05, 0) is 78.1 Å². The van der Waals surface area contributed by atoms with Crippen molar-refractivity contribution in [2.75, 3.05) is 19.6 Å². The Morgan fingerprint density at radius 1 is 1.03 bits per heavy atom. The lowest BCUT2D eigenvalue weighted by molar-refractivity contribution is -0.190. The second kappa shape index (κ2) is 8.57. The molecule has 2 aliphatic heterocycles. The largest absolute Gasteiger partial charge is 0.326 e. The Morgan fingerprint density at radius 3 is 2.20 bits per heavy atom. The lowest BCUT2D eigenvalue weighted by Gasteiger charge is -2.62. The predicted octanol–water partition coefficient (Wildman–Crippen LogP) is 3.59. The van der Waals surface area contributed by atoms with Gasteiger partial charge in [0, 0.05) is 37.1 Å². The van der Waals surface area contributed by atoms with Gasteiger partial charge in [-0.15, -0.1) is 11.6 Å². The van der Waals surface area contributed by atoms with Crippen LogP contribution < -0.4 is 0 Å². The lowest BCUT2D eigenvalue weighted by atomic mass is 9.77. The quantitative estimate of drug-likeness (QED) is 0.626. The Bertz CT molecular complexity index is 653. The number of halogens is 2. The molecule has 170 valence electrons. The van der Waals surface area contributed by atoms with Crippen molar-refractivity contribution >= 4 is 23.4 Å². The van der Waals surface area contributed by atoms with E-state index in [2.05, 4.69) is 4.90 Å².